The molecule has 0 aromatic carbocycles. The summed E-state index contributed by atoms with van der Waals surface area (Å²) in [6, 6.07) is 0. The lowest BCUT2D eigenvalue weighted by atomic mass is 9.88. The maximum atomic E-state index is 11.8. The van der Waals surface area contributed by atoms with E-state index in [-0.39, 0.29) is 18.0 Å². The molecule has 0 aromatic rings. The highest BCUT2D eigenvalue weighted by atomic mass is 16.5. The minimum atomic E-state index is 0.0269. The number of nitrogens with one attached hydrogen (secondary N) is 1. The van der Waals surface area contributed by atoms with Crippen LogP contribution >= 0.6 is 0 Å². The van der Waals surface area contributed by atoms with Gasteiger partial charge >= 0.3 is 5.97 Å². The van der Waals surface area contributed by atoms with Gasteiger partial charge in [0.2, 0.25) is 0 Å². The summed E-state index contributed by atoms with van der Waals surface area (Å²) in [4.78, 5) is 11.8. The summed E-state index contributed by atoms with van der Waals surface area (Å²) in [6.07, 6.45) is 5.77. The van der Waals surface area contributed by atoms with Crippen LogP contribution in [0.15, 0.2) is 0 Å². The average molecular weight is 211 g/mol. The van der Waals surface area contributed by atoms with Crippen LogP contribution in [0.1, 0.15) is 39.0 Å². The van der Waals surface area contributed by atoms with Gasteiger partial charge in [0.25, 0.3) is 0 Å². The number of carbonyl (C=O) groups excluding carboxylic acids is 1. The third-order valence-electron chi connectivity index (χ3n) is 3.56. The van der Waals surface area contributed by atoms with E-state index in [1.807, 2.05) is 0 Å². The minimum Gasteiger partial charge on any atom is -0.462 e. The Kier molecular flexibility index (Phi) is 3.62. The van der Waals surface area contributed by atoms with Gasteiger partial charge in [-0.2, -0.15) is 0 Å². The van der Waals surface area contributed by atoms with E-state index >= 15 is 0 Å². The Hall–Kier alpha value is -0.570. The molecule has 3 atom stereocenters. The van der Waals surface area contributed by atoms with Gasteiger partial charge in [-0.3, -0.25) is 4.79 Å². The number of esters is 1. The van der Waals surface area contributed by atoms with Gasteiger partial charge in [-0.05, 0) is 38.1 Å². The van der Waals surface area contributed by atoms with E-state index < -0.39 is 0 Å². The smallest absolute Gasteiger partial charge is 0.310 e. The second-order valence-corrected chi connectivity index (χ2v) is 5.02. The summed E-state index contributed by atoms with van der Waals surface area (Å²) in [5.41, 5.74) is 0. The van der Waals surface area contributed by atoms with E-state index in [9.17, 15) is 4.79 Å². The number of hydrogen-bond donors (Lipinski definition) is 1. The second kappa shape index (κ2) is 4.97. The topological polar surface area (TPSA) is 38.3 Å². The predicted molar refractivity (Wildman–Crippen MR) is 58.5 cm³/mol. The fraction of sp³-hybridized carbons (Fsp3) is 0.917. The molecule has 1 aliphatic carbocycles. The first-order valence-corrected chi connectivity index (χ1v) is 6.17. The number of hydrogen-bond acceptors (Lipinski definition) is 3. The van der Waals surface area contributed by atoms with Crippen molar-refractivity contribution in [2.45, 2.75) is 45.1 Å². The molecular weight excluding hydrogens is 190 g/mol. The zero-order valence-corrected chi connectivity index (χ0v) is 9.50. The van der Waals surface area contributed by atoms with Gasteiger partial charge in [-0.25, -0.2) is 0 Å². The lowest BCUT2D eigenvalue weighted by molar-refractivity contribution is -0.155. The first kappa shape index (κ1) is 10.9. The maximum absolute atomic E-state index is 11.8. The molecule has 1 saturated heterocycles. The van der Waals surface area contributed by atoms with Crippen LogP contribution in [0.25, 0.3) is 0 Å². The van der Waals surface area contributed by atoms with Crippen molar-refractivity contribution in [1.82, 2.24) is 5.32 Å². The lowest BCUT2D eigenvalue weighted by Crippen LogP contribution is -2.29. The molecule has 3 unspecified atom stereocenters. The van der Waals surface area contributed by atoms with Crippen molar-refractivity contribution in [3.8, 4) is 0 Å². The molecule has 0 radical (unpaired) electrons. The standard InChI is InChI=1S/C12H21NO2/c1-9-3-2-4-11(7-9)15-12(14)10-5-6-13-8-10/h9-11,13H,2-8H2,1H3. The van der Waals surface area contributed by atoms with Gasteiger partial charge in [0.15, 0.2) is 0 Å². The van der Waals surface area contributed by atoms with Crippen molar-refractivity contribution in [1.29, 1.82) is 0 Å². The molecule has 3 nitrogen and oxygen atoms in total. The quantitative estimate of drug-likeness (QED) is 0.707. The number of rotatable bonds is 2. The molecule has 2 fully saturated rings. The fourth-order valence-corrected chi connectivity index (χ4v) is 2.60. The van der Waals surface area contributed by atoms with Crippen LogP contribution in [-0.2, 0) is 9.53 Å². The third kappa shape index (κ3) is 2.94. The highest BCUT2D eigenvalue weighted by molar-refractivity contribution is 5.73. The van der Waals surface area contributed by atoms with Crippen LogP contribution in [0.2, 0.25) is 0 Å². The number of carbonyl (C=O) groups is 1. The van der Waals surface area contributed by atoms with Crippen molar-refractivity contribution < 1.29 is 9.53 Å². The van der Waals surface area contributed by atoms with Gasteiger partial charge in [0.05, 0.1) is 5.92 Å². The van der Waals surface area contributed by atoms with Gasteiger partial charge < -0.3 is 10.1 Å². The van der Waals surface area contributed by atoms with Crippen LogP contribution in [0.3, 0.4) is 0 Å². The SMILES string of the molecule is CC1CCCC(OC(=O)C2CCNC2)C1. The van der Waals surface area contributed by atoms with Crippen molar-refractivity contribution in [3.63, 3.8) is 0 Å². The Morgan fingerprint density at radius 2 is 2.20 bits per heavy atom. The Morgan fingerprint density at radius 1 is 1.33 bits per heavy atom. The second-order valence-electron chi connectivity index (χ2n) is 5.02. The normalized spacial score (nSPS) is 36.5. The van der Waals surface area contributed by atoms with Crippen LogP contribution in [0.5, 0.6) is 0 Å². The fourth-order valence-electron chi connectivity index (χ4n) is 2.60. The van der Waals surface area contributed by atoms with E-state index in [0.29, 0.717) is 0 Å². The highest BCUT2D eigenvalue weighted by Crippen LogP contribution is 2.26. The molecule has 1 aliphatic heterocycles. The molecule has 15 heavy (non-hydrogen) atoms. The van der Waals surface area contributed by atoms with Crippen molar-refractivity contribution in [2.75, 3.05) is 13.1 Å². The van der Waals surface area contributed by atoms with E-state index in [1.54, 1.807) is 0 Å². The Labute approximate surface area is 91.6 Å². The molecule has 1 N–H and O–H groups in total. The Bertz CT molecular complexity index is 224. The largest absolute Gasteiger partial charge is 0.462 e. The molecule has 0 aromatic heterocycles. The molecule has 1 saturated carbocycles. The maximum Gasteiger partial charge on any atom is 0.310 e. The summed E-state index contributed by atoms with van der Waals surface area (Å²) in [5, 5.41) is 3.20. The molecule has 86 valence electrons. The average Bonchev–Trinajstić information content (AvgIpc) is 2.70. The Morgan fingerprint density at radius 3 is 2.87 bits per heavy atom. The summed E-state index contributed by atoms with van der Waals surface area (Å²) in [6.45, 7) is 4.01. The summed E-state index contributed by atoms with van der Waals surface area (Å²) in [5.74, 6) is 0.861. The van der Waals surface area contributed by atoms with Crippen molar-refractivity contribution >= 4 is 5.97 Å². The molecule has 2 aliphatic rings. The van der Waals surface area contributed by atoms with Gasteiger partial charge in [-0.1, -0.05) is 13.3 Å². The lowest BCUT2D eigenvalue weighted by Gasteiger charge is -2.27. The molecule has 1 heterocycles. The van der Waals surface area contributed by atoms with Gasteiger partial charge in [0.1, 0.15) is 6.10 Å². The minimum absolute atomic E-state index is 0.0269. The summed E-state index contributed by atoms with van der Waals surface area (Å²) >= 11 is 0. The highest BCUT2D eigenvalue weighted by Gasteiger charge is 2.28. The van der Waals surface area contributed by atoms with Crippen LogP contribution in [0.4, 0.5) is 0 Å². The summed E-state index contributed by atoms with van der Waals surface area (Å²) in [7, 11) is 0. The zero-order valence-electron chi connectivity index (χ0n) is 9.50. The molecule has 3 heteroatoms. The van der Waals surface area contributed by atoms with Crippen LogP contribution < -0.4 is 5.32 Å². The van der Waals surface area contributed by atoms with Crippen LogP contribution in [0, 0.1) is 11.8 Å². The van der Waals surface area contributed by atoms with E-state index in [0.717, 1.165) is 38.3 Å². The molecular formula is C12H21NO2. The third-order valence-corrected chi connectivity index (χ3v) is 3.56. The Balaban J connectivity index is 1.77. The summed E-state index contributed by atoms with van der Waals surface area (Å²) < 4.78 is 5.57. The van der Waals surface area contributed by atoms with E-state index in [1.165, 1.54) is 12.8 Å². The van der Waals surface area contributed by atoms with Crippen molar-refractivity contribution in [2.24, 2.45) is 11.8 Å². The van der Waals surface area contributed by atoms with Crippen LogP contribution in [-0.4, -0.2) is 25.2 Å². The van der Waals surface area contributed by atoms with E-state index in [2.05, 4.69) is 12.2 Å². The first-order valence-electron chi connectivity index (χ1n) is 6.17. The molecule has 2 rings (SSSR count). The predicted octanol–water partition coefficient (Wildman–Crippen LogP) is 1.72. The van der Waals surface area contributed by atoms with Crippen molar-refractivity contribution in [3.05, 3.63) is 0 Å². The number of ether oxygens (including phenoxy) is 1. The van der Waals surface area contributed by atoms with Gasteiger partial charge in [0, 0.05) is 6.54 Å². The molecule has 0 bridgehead atoms. The van der Waals surface area contributed by atoms with Gasteiger partial charge in [-0.15, -0.1) is 0 Å². The first-order chi connectivity index (χ1) is 7.25. The molecule has 0 spiro atoms. The zero-order chi connectivity index (χ0) is 10.7. The van der Waals surface area contributed by atoms with E-state index in [4.69, 9.17) is 4.74 Å². The molecule has 0 amide bonds. The monoisotopic (exact) mass is 211 g/mol.